The average molecular weight is 572 g/mol. The van der Waals surface area contributed by atoms with Crippen molar-refractivity contribution in [3.05, 3.63) is 101 Å². The minimum Gasteiger partial charge on any atom is -0.507 e. The van der Waals surface area contributed by atoms with Gasteiger partial charge < -0.3 is 14.6 Å². The van der Waals surface area contributed by atoms with Crippen LogP contribution in [0.4, 0.5) is 5.13 Å². The third kappa shape index (κ3) is 4.84. The van der Waals surface area contributed by atoms with Crippen LogP contribution in [-0.2, 0) is 21.8 Å². The van der Waals surface area contributed by atoms with Gasteiger partial charge >= 0.3 is 5.91 Å². The summed E-state index contributed by atoms with van der Waals surface area (Å²) >= 11 is 2.74. The van der Waals surface area contributed by atoms with Gasteiger partial charge in [0.25, 0.3) is 5.78 Å². The van der Waals surface area contributed by atoms with Gasteiger partial charge in [0.2, 0.25) is 5.13 Å². The van der Waals surface area contributed by atoms with Gasteiger partial charge in [0.1, 0.15) is 23.4 Å². The van der Waals surface area contributed by atoms with Crippen molar-refractivity contribution < 1.29 is 24.2 Å². The third-order valence-electron chi connectivity index (χ3n) is 6.85. The second-order valence-corrected chi connectivity index (χ2v) is 11.7. The van der Waals surface area contributed by atoms with Gasteiger partial charge in [0.05, 0.1) is 18.7 Å². The Morgan fingerprint density at radius 2 is 1.88 bits per heavy atom. The number of amides is 1. The van der Waals surface area contributed by atoms with Crippen molar-refractivity contribution >= 4 is 45.7 Å². The van der Waals surface area contributed by atoms with Gasteiger partial charge in [-0.2, -0.15) is 0 Å². The van der Waals surface area contributed by atoms with Gasteiger partial charge in [0, 0.05) is 17.7 Å². The molecule has 40 heavy (non-hydrogen) atoms. The number of Topliss-reactive ketones (excluding diaryl/α,β-unsaturated/α-hetero) is 1. The summed E-state index contributed by atoms with van der Waals surface area (Å²) in [7, 11) is 1.56. The predicted molar refractivity (Wildman–Crippen MR) is 154 cm³/mol. The van der Waals surface area contributed by atoms with E-state index in [0.29, 0.717) is 33.4 Å². The molecule has 10 heteroatoms. The van der Waals surface area contributed by atoms with Crippen molar-refractivity contribution in [2.24, 2.45) is 0 Å². The van der Waals surface area contributed by atoms with E-state index in [1.807, 2.05) is 43.3 Å². The molecule has 0 spiro atoms. The van der Waals surface area contributed by atoms with Crippen LogP contribution < -0.4 is 14.4 Å². The fraction of sp³-hybridized carbons (Fsp3) is 0.200. The SMILES string of the molecule is COc1ccc([C@H]2C(=C(O)c3ccc4c(c3)C[C@@H](C)O4)C(=O)C(=O)N2c2nnc(SCc3ccccc3)s2)cc1. The number of methoxy groups -OCH3 is 1. The first-order valence-corrected chi connectivity index (χ1v) is 14.5. The van der Waals surface area contributed by atoms with E-state index in [1.54, 1.807) is 43.5 Å². The van der Waals surface area contributed by atoms with Gasteiger partial charge in [-0.25, -0.2) is 0 Å². The van der Waals surface area contributed by atoms with Crippen LogP contribution in [0.2, 0.25) is 0 Å². The molecule has 3 heterocycles. The van der Waals surface area contributed by atoms with Crippen molar-refractivity contribution in [2.45, 2.75) is 35.6 Å². The molecule has 1 aromatic heterocycles. The topological polar surface area (TPSA) is 102 Å². The lowest BCUT2D eigenvalue weighted by molar-refractivity contribution is -0.132. The number of fused-ring (bicyclic) bond motifs is 1. The van der Waals surface area contributed by atoms with E-state index in [2.05, 4.69) is 10.2 Å². The summed E-state index contributed by atoms with van der Waals surface area (Å²) in [6.07, 6.45) is 0.726. The Labute approximate surface area is 239 Å². The smallest absolute Gasteiger partial charge is 0.301 e. The normalized spacial score (nSPS) is 19.5. The third-order valence-corrected chi connectivity index (χ3v) is 8.98. The first-order chi connectivity index (χ1) is 19.4. The molecule has 1 N–H and O–H groups in total. The lowest BCUT2D eigenvalue weighted by atomic mass is 9.94. The van der Waals surface area contributed by atoms with Crippen LogP contribution in [0, 0.1) is 0 Å². The minimum atomic E-state index is -0.894. The molecule has 1 fully saturated rings. The number of rotatable bonds is 7. The van der Waals surface area contributed by atoms with Gasteiger partial charge in [0.15, 0.2) is 4.34 Å². The van der Waals surface area contributed by atoms with Crippen molar-refractivity contribution in [1.82, 2.24) is 10.2 Å². The number of aromatic nitrogens is 2. The quantitative estimate of drug-likeness (QED) is 0.0978. The maximum absolute atomic E-state index is 13.5. The number of nitrogens with zero attached hydrogens (tertiary/aromatic N) is 3. The predicted octanol–water partition coefficient (Wildman–Crippen LogP) is 5.79. The average Bonchev–Trinajstić information content (AvgIpc) is 3.67. The second-order valence-electron chi connectivity index (χ2n) is 9.52. The molecule has 0 aliphatic carbocycles. The zero-order chi connectivity index (χ0) is 27.8. The molecule has 2 aliphatic heterocycles. The Hall–Kier alpha value is -4.15. The van der Waals surface area contributed by atoms with Crippen molar-refractivity contribution in [3.8, 4) is 11.5 Å². The van der Waals surface area contributed by atoms with Crippen molar-refractivity contribution in [2.75, 3.05) is 12.0 Å². The fourth-order valence-electron chi connectivity index (χ4n) is 4.93. The highest BCUT2D eigenvalue weighted by atomic mass is 32.2. The second kappa shape index (κ2) is 10.8. The Morgan fingerprint density at radius 1 is 1.10 bits per heavy atom. The van der Waals surface area contributed by atoms with E-state index in [4.69, 9.17) is 9.47 Å². The molecule has 0 bridgehead atoms. The number of anilines is 1. The molecule has 0 unspecified atom stereocenters. The molecule has 4 aromatic rings. The zero-order valence-corrected chi connectivity index (χ0v) is 23.4. The molecule has 0 saturated carbocycles. The van der Waals surface area contributed by atoms with Gasteiger partial charge in [-0.1, -0.05) is 65.6 Å². The summed E-state index contributed by atoms with van der Waals surface area (Å²) < 4.78 is 11.8. The number of aliphatic hydroxyl groups is 1. The number of ketones is 1. The molecule has 8 nitrogen and oxygen atoms in total. The van der Waals surface area contributed by atoms with Crippen molar-refractivity contribution in [3.63, 3.8) is 0 Å². The van der Waals surface area contributed by atoms with E-state index >= 15 is 0 Å². The number of thioether (sulfide) groups is 1. The van der Waals surface area contributed by atoms with Gasteiger partial charge in [-0.3, -0.25) is 14.5 Å². The summed E-state index contributed by atoms with van der Waals surface area (Å²) in [5.74, 6) is 0.284. The molecule has 0 radical (unpaired) electrons. The highest BCUT2D eigenvalue weighted by Crippen LogP contribution is 2.45. The monoisotopic (exact) mass is 571 g/mol. The van der Waals surface area contributed by atoms with Crippen LogP contribution in [0.3, 0.4) is 0 Å². The van der Waals surface area contributed by atoms with Crippen LogP contribution in [0.5, 0.6) is 11.5 Å². The van der Waals surface area contributed by atoms with Crippen LogP contribution in [0.15, 0.2) is 82.7 Å². The number of carbonyl (C=O) groups excluding carboxylic acids is 2. The molecule has 1 saturated heterocycles. The highest BCUT2D eigenvalue weighted by Gasteiger charge is 2.48. The first-order valence-electron chi connectivity index (χ1n) is 12.7. The minimum absolute atomic E-state index is 0.00392. The summed E-state index contributed by atoms with van der Waals surface area (Å²) in [6, 6.07) is 21.5. The number of carbonyl (C=O) groups is 2. The standard InChI is InChI=1S/C30H25N3O5S2/c1-17-14-21-15-20(10-13-23(21)38-17)26(34)24-25(19-8-11-22(37-2)12-9-19)33(28(36)27(24)35)29-31-32-30(40-29)39-16-18-6-4-3-5-7-18/h3-13,15,17,25,34H,14,16H2,1-2H3/t17-,25+/m1/s1. The van der Waals surface area contributed by atoms with Crippen LogP contribution in [0.25, 0.3) is 5.76 Å². The molecule has 2 atom stereocenters. The largest absolute Gasteiger partial charge is 0.507 e. The van der Waals surface area contributed by atoms with Crippen LogP contribution in [-0.4, -0.2) is 40.2 Å². The van der Waals surface area contributed by atoms with E-state index in [-0.39, 0.29) is 22.6 Å². The van der Waals surface area contributed by atoms with E-state index in [1.165, 1.54) is 28.0 Å². The highest BCUT2D eigenvalue weighted by molar-refractivity contribution is 8.00. The van der Waals surface area contributed by atoms with Crippen LogP contribution in [0.1, 0.15) is 35.2 Å². The zero-order valence-electron chi connectivity index (χ0n) is 21.7. The number of hydrogen-bond donors (Lipinski definition) is 1. The van der Waals surface area contributed by atoms with Crippen molar-refractivity contribution in [1.29, 1.82) is 0 Å². The maximum Gasteiger partial charge on any atom is 0.301 e. The molecule has 2 aliphatic rings. The molecule has 6 rings (SSSR count). The maximum atomic E-state index is 13.5. The Morgan fingerprint density at radius 3 is 2.62 bits per heavy atom. The van der Waals surface area contributed by atoms with E-state index < -0.39 is 17.7 Å². The molecular weight excluding hydrogens is 546 g/mol. The summed E-state index contributed by atoms with van der Waals surface area (Å²) in [5.41, 5.74) is 3.15. The van der Waals surface area contributed by atoms with E-state index in [9.17, 15) is 14.7 Å². The number of hydrogen-bond acceptors (Lipinski definition) is 9. The Bertz CT molecular complexity index is 1620. The number of ether oxygens (including phenoxy) is 2. The number of aliphatic hydroxyl groups excluding tert-OH is 1. The van der Waals surface area contributed by atoms with Crippen LogP contribution >= 0.6 is 23.1 Å². The van der Waals surface area contributed by atoms with Gasteiger partial charge in [-0.15, -0.1) is 10.2 Å². The molecule has 202 valence electrons. The summed E-state index contributed by atoms with van der Waals surface area (Å²) in [4.78, 5) is 28.3. The Balaban J connectivity index is 1.40. The molecular formula is C30H25N3O5S2. The number of benzene rings is 3. The molecule has 1 amide bonds. The molecule has 3 aromatic carbocycles. The Kier molecular flexibility index (Phi) is 7.03. The lowest BCUT2D eigenvalue weighted by Crippen LogP contribution is -2.29. The lowest BCUT2D eigenvalue weighted by Gasteiger charge is -2.22. The van der Waals surface area contributed by atoms with E-state index in [0.717, 1.165) is 16.9 Å². The summed E-state index contributed by atoms with van der Waals surface area (Å²) in [5, 5.41) is 20.3. The summed E-state index contributed by atoms with van der Waals surface area (Å²) in [6.45, 7) is 1.98. The first kappa shape index (κ1) is 26.1. The van der Waals surface area contributed by atoms with Gasteiger partial charge in [-0.05, 0) is 53.9 Å². The fourth-order valence-corrected chi connectivity index (χ4v) is 6.76.